The number of hydrogen-bond donors (Lipinski definition) is 1. The van der Waals surface area contributed by atoms with Crippen molar-refractivity contribution in [2.45, 2.75) is 48.0 Å². The molecular weight excluding hydrogens is 450 g/mol. The Morgan fingerprint density at radius 1 is 1.03 bits per heavy atom. The molecule has 0 heterocycles. The van der Waals surface area contributed by atoms with Crippen LogP contribution in [0, 0.1) is 23.5 Å². The molecule has 7 heteroatoms. The first kappa shape index (κ1) is 28.0. The Bertz CT molecular complexity index is 1050. The van der Waals surface area contributed by atoms with Crippen LogP contribution in [0.4, 0.5) is 20.2 Å². The molecule has 0 spiro atoms. The number of hydrogen-bond acceptors (Lipinski definition) is 4. The van der Waals surface area contributed by atoms with E-state index in [1.165, 1.54) is 12.1 Å². The number of nitrogens with zero attached hydrogens (tertiary/aromatic N) is 1. The van der Waals surface area contributed by atoms with Crippen molar-refractivity contribution in [1.82, 2.24) is 0 Å². The lowest BCUT2D eigenvalue weighted by atomic mass is 10.0. The fourth-order valence-electron chi connectivity index (χ4n) is 3.79. The number of anilines is 2. The van der Waals surface area contributed by atoms with Crippen molar-refractivity contribution >= 4 is 28.8 Å². The summed E-state index contributed by atoms with van der Waals surface area (Å²) in [5, 5.41) is 2.92. The molecule has 2 rings (SSSR count). The Hall–Kier alpha value is -3.22. The summed E-state index contributed by atoms with van der Waals surface area (Å²) in [6.45, 7) is 13.9. The minimum atomic E-state index is -0.761. The average molecular weight is 487 g/mol. The van der Waals surface area contributed by atoms with E-state index in [0.29, 0.717) is 23.1 Å². The minimum absolute atomic E-state index is 0.112. The average Bonchev–Trinajstić information content (AvgIpc) is 2.74. The van der Waals surface area contributed by atoms with Gasteiger partial charge in [-0.15, -0.1) is 0 Å². The van der Waals surface area contributed by atoms with Gasteiger partial charge in [-0.25, -0.2) is 13.6 Å². The minimum Gasteiger partial charge on any atom is -0.463 e. The molecule has 0 saturated heterocycles. The van der Waals surface area contributed by atoms with E-state index in [0.717, 1.165) is 36.5 Å². The first-order valence-corrected chi connectivity index (χ1v) is 12.0. The van der Waals surface area contributed by atoms with Crippen LogP contribution in [0.2, 0.25) is 0 Å². The highest BCUT2D eigenvalue weighted by molar-refractivity contribution is 5.97. The topological polar surface area (TPSA) is 58.6 Å². The van der Waals surface area contributed by atoms with E-state index < -0.39 is 23.5 Å². The maximum atomic E-state index is 14.1. The maximum Gasteiger partial charge on any atom is 0.331 e. The highest BCUT2D eigenvalue weighted by Crippen LogP contribution is 2.31. The molecule has 1 amide bonds. The number of allylic oxidation sites excluding steroid dienone is 1. The molecule has 0 saturated carbocycles. The van der Waals surface area contributed by atoms with Crippen LogP contribution in [0.15, 0.2) is 42.5 Å². The molecule has 0 aliphatic carbocycles. The van der Waals surface area contributed by atoms with Crippen molar-refractivity contribution in [1.29, 1.82) is 0 Å². The van der Waals surface area contributed by atoms with Gasteiger partial charge in [-0.05, 0) is 60.6 Å². The predicted octanol–water partition coefficient (Wildman–Crippen LogP) is 6.23. The number of amides is 1. The summed E-state index contributed by atoms with van der Waals surface area (Å²) in [5.41, 5.74) is 2.95. The third-order valence-electron chi connectivity index (χ3n) is 5.22. The Labute approximate surface area is 207 Å². The van der Waals surface area contributed by atoms with Gasteiger partial charge in [0.05, 0.1) is 24.4 Å². The summed E-state index contributed by atoms with van der Waals surface area (Å²) in [6.07, 6.45) is 1.18. The van der Waals surface area contributed by atoms with Crippen molar-refractivity contribution in [2.24, 2.45) is 11.8 Å². The van der Waals surface area contributed by atoms with Crippen molar-refractivity contribution in [3.63, 3.8) is 0 Å². The van der Waals surface area contributed by atoms with Gasteiger partial charge in [-0.3, -0.25) is 4.79 Å². The fraction of sp³-hybridized carbons (Fsp3) is 0.429. The molecule has 2 aromatic carbocycles. The van der Waals surface area contributed by atoms with Crippen LogP contribution < -0.4 is 10.2 Å². The van der Waals surface area contributed by atoms with Gasteiger partial charge < -0.3 is 15.0 Å². The summed E-state index contributed by atoms with van der Waals surface area (Å²) in [6, 6.07) is 8.82. The molecule has 0 aliphatic heterocycles. The Kier molecular flexibility index (Phi) is 10.4. The van der Waals surface area contributed by atoms with Gasteiger partial charge in [-0.2, -0.15) is 0 Å². The van der Waals surface area contributed by atoms with Gasteiger partial charge in [0.1, 0.15) is 11.6 Å². The second-order valence-electron chi connectivity index (χ2n) is 9.46. The number of carbonyl (C=O) groups is 2. The number of ether oxygens (including phenoxy) is 1. The van der Waals surface area contributed by atoms with E-state index in [-0.39, 0.29) is 18.6 Å². The number of carbonyl (C=O) groups excluding carboxylic acids is 2. The molecule has 35 heavy (non-hydrogen) atoms. The molecule has 190 valence electrons. The number of rotatable bonds is 11. The third kappa shape index (κ3) is 8.81. The smallest absolute Gasteiger partial charge is 0.331 e. The number of halogens is 2. The van der Waals surface area contributed by atoms with Crippen molar-refractivity contribution in [3.8, 4) is 0 Å². The van der Waals surface area contributed by atoms with Crippen LogP contribution in [0.3, 0.4) is 0 Å². The number of nitrogens with one attached hydrogen (secondary N) is 1. The lowest BCUT2D eigenvalue weighted by Crippen LogP contribution is -2.32. The van der Waals surface area contributed by atoms with Gasteiger partial charge >= 0.3 is 5.97 Å². The lowest BCUT2D eigenvalue weighted by Gasteiger charge is -2.31. The van der Waals surface area contributed by atoms with Gasteiger partial charge in [0, 0.05) is 25.2 Å². The normalized spacial score (nSPS) is 11.7. The molecule has 1 N–H and O–H groups in total. The second-order valence-corrected chi connectivity index (χ2v) is 9.46. The monoisotopic (exact) mass is 486 g/mol. The predicted molar refractivity (Wildman–Crippen MR) is 137 cm³/mol. The molecule has 0 atom stereocenters. The summed E-state index contributed by atoms with van der Waals surface area (Å²) in [5.74, 6) is -1.54. The summed E-state index contributed by atoms with van der Waals surface area (Å²) in [7, 11) is 0. The molecule has 0 bridgehead atoms. The Morgan fingerprint density at radius 3 is 2.26 bits per heavy atom. The van der Waals surface area contributed by atoms with E-state index in [1.54, 1.807) is 13.8 Å². The Morgan fingerprint density at radius 2 is 1.69 bits per heavy atom. The highest BCUT2D eigenvalue weighted by Gasteiger charge is 2.18. The lowest BCUT2D eigenvalue weighted by molar-refractivity contribution is -0.137. The second kappa shape index (κ2) is 13.0. The quantitative estimate of drug-likeness (QED) is 0.302. The van der Waals surface area contributed by atoms with Gasteiger partial charge in [0.25, 0.3) is 0 Å². The first-order valence-electron chi connectivity index (χ1n) is 12.0. The van der Waals surface area contributed by atoms with Crippen LogP contribution in [-0.2, 0) is 20.7 Å². The zero-order valence-corrected chi connectivity index (χ0v) is 21.5. The standard InChI is InChI=1S/C28H36F2N2O3/c1-7-35-28(34)12-20(6)21-9-11-26(32(16-18(2)3)17-19(4)5)25(13-21)31-27(33)14-22-8-10-23(29)15-24(22)30/h8-13,15,18-19H,7,14,16-17H2,1-6H3,(H,31,33)/b20-12+. The SMILES string of the molecule is CCOC(=O)/C=C(\C)c1ccc(N(CC(C)C)CC(C)C)c(NC(=O)Cc2ccc(F)cc2F)c1. The Balaban J connectivity index is 2.45. The summed E-state index contributed by atoms with van der Waals surface area (Å²) >= 11 is 0. The van der Waals surface area contributed by atoms with Crippen molar-refractivity contribution in [2.75, 3.05) is 29.9 Å². The largest absolute Gasteiger partial charge is 0.463 e. The van der Waals surface area contributed by atoms with Crippen LogP contribution >= 0.6 is 0 Å². The van der Waals surface area contributed by atoms with E-state index in [1.807, 2.05) is 18.2 Å². The van der Waals surface area contributed by atoms with E-state index in [4.69, 9.17) is 4.74 Å². The third-order valence-corrected chi connectivity index (χ3v) is 5.22. The molecule has 0 fully saturated rings. The zero-order chi connectivity index (χ0) is 26.1. The molecular formula is C28H36F2N2O3. The molecule has 0 radical (unpaired) electrons. The number of benzene rings is 2. The van der Waals surface area contributed by atoms with Gasteiger partial charge in [0.15, 0.2) is 0 Å². The van der Waals surface area contributed by atoms with Crippen molar-refractivity contribution < 1.29 is 23.1 Å². The van der Waals surface area contributed by atoms with E-state index in [9.17, 15) is 18.4 Å². The molecule has 5 nitrogen and oxygen atoms in total. The van der Waals surface area contributed by atoms with Gasteiger partial charge in [0.2, 0.25) is 5.91 Å². The molecule has 0 aliphatic rings. The van der Waals surface area contributed by atoms with Crippen molar-refractivity contribution in [3.05, 3.63) is 65.2 Å². The van der Waals surface area contributed by atoms with E-state index in [2.05, 4.69) is 37.9 Å². The van der Waals surface area contributed by atoms with Gasteiger partial charge in [-0.1, -0.05) is 39.8 Å². The molecule has 0 unspecified atom stereocenters. The molecule has 2 aromatic rings. The first-order chi connectivity index (χ1) is 16.5. The van der Waals surface area contributed by atoms with Crippen LogP contribution in [0.1, 0.15) is 52.7 Å². The van der Waals surface area contributed by atoms with Crippen LogP contribution in [-0.4, -0.2) is 31.6 Å². The van der Waals surface area contributed by atoms with Crippen LogP contribution in [0.25, 0.3) is 5.57 Å². The maximum absolute atomic E-state index is 14.1. The fourth-order valence-corrected chi connectivity index (χ4v) is 3.79. The number of esters is 1. The zero-order valence-electron chi connectivity index (χ0n) is 21.5. The summed E-state index contributed by atoms with van der Waals surface area (Å²) < 4.78 is 32.4. The molecule has 0 aromatic heterocycles. The van der Waals surface area contributed by atoms with E-state index >= 15 is 0 Å². The highest BCUT2D eigenvalue weighted by atomic mass is 19.1. The van der Waals surface area contributed by atoms with Crippen LogP contribution in [0.5, 0.6) is 0 Å². The summed E-state index contributed by atoms with van der Waals surface area (Å²) in [4.78, 5) is 27.1.